The van der Waals surface area contributed by atoms with Crippen LogP contribution in [0.2, 0.25) is 0 Å². The van der Waals surface area contributed by atoms with Gasteiger partial charge in [0.05, 0.1) is 24.4 Å². The minimum Gasteiger partial charge on any atom is -0.460 e. The lowest BCUT2D eigenvalue weighted by atomic mass is 9.78. The lowest BCUT2D eigenvalue weighted by Crippen LogP contribution is -2.61. The first kappa shape index (κ1) is 55.7. The Bertz CT molecular complexity index is 1830. The Labute approximate surface area is 397 Å². The number of hydrogen-bond acceptors (Lipinski definition) is 15. The van der Waals surface area contributed by atoms with Gasteiger partial charge in [0.1, 0.15) is 18.2 Å². The summed E-state index contributed by atoms with van der Waals surface area (Å²) in [6, 6.07) is -1.17. The van der Waals surface area contributed by atoms with E-state index in [1.807, 2.05) is 58.1 Å². The van der Waals surface area contributed by atoms with E-state index in [0.717, 1.165) is 5.57 Å². The number of piperidine rings is 1. The van der Waals surface area contributed by atoms with E-state index in [4.69, 9.17) is 28.5 Å². The van der Waals surface area contributed by atoms with Gasteiger partial charge >= 0.3 is 5.97 Å². The number of Topliss-reactive ketones (excluding diaryl/α,β-unsaturated/α-hetero) is 3. The van der Waals surface area contributed by atoms with Gasteiger partial charge in [0.2, 0.25) is 5.79 Å². The molecule has 0 aromatic rings. The van der Waals surface area contributed by atoms with Crippen molar-refractivity contribution in [2.75, 3.05) is 27.9 Å². The molecule has 4 rings (SSSR count). The number of carbonyl (C=O) groups excluding carboxylic acids is 5. The van der Waals surface area contributed by atoms with E-state index in [0.29, 0.717) is 69.8 Å². The number of cyclic esters (lactones) is 1. The molecule has 3 heterocycles. The van der Waals surface area contributed by atoms with Crippen molar-refractivity contribution in [3.05, 3.63) is 52.5 Å². The Morgan fingerprint density at radius 1 is 0.881 bits per heavy atom. The highest BCUT2D eigenvalue weighted by Crippen LogP contribution is 2.38. The summed E-state index contributed by atoms with van der Waals surface area (Å²) >= 11 is 0. The molecule has 16 heteroatoms. The normalized spacial score (nSPS) is 36.9. The lowest BCUT2D eigenvalue weighted by molar-refractivity contribution is -0.265. The molecule has 0 radical (unpaired) electrons. The third-order valence-electron chi connectivity index (χ3n) is 14.6. The van der Waals surface area contributed by atoms with Gasteiger partial charge in [0.15, 0.2) is 23.0 Å². The number of amides is 1. The molecule has 67 heavy (non-hydrogen) atoms. The number of esters is 1. The fourth-order valence-corrected chi connectivity index (χ4v) is 10.3. The number of ether oxygens (including phenoxy) is 5. The number of allylic oxidation sites excluding steroid dienone is 6. The molecule has 3 fully saturated rings. The Hall–Kier alpha value is -3.93. The number of fused-ring (bicyclic) bond motifs is 3. The van der Waals surface area contributed by atoms with Crippen molar-refractivity contribution in [3.8, 4) is 0 Å². The molecular formula is C51H78N2O14. The summed E-state index contributed by atoms with van der Waals surface area (Å²) in [5.74, 6) is -8.20. The summed E-state index contributed by atoms with van der Waals surface area (Å²) < 4.78 is 29.5. The minimum atomic E-state index is -2.44. The molecule has 15 atom stereocenters. The van der Waals surface area contributed by atoms with Crippen LogP contribution >= 0.6 is 0 Å². The molecule has 376 valence electrons. The number of rotatable bonds is 8. The van der Waals surface area contributed by atoms with Gasteiger partial charge in [-0.1, -0.05) is 71.1 Å². The van der Waals surface area contributed by atoms with Crippen LogP contribution in [0.5, 0.6) is 0 Å². The van der Waals surface area contributed by atoms with Crippen LogP contribution in [0, 0.1) is 40.4 Å². The second kappa shape index (κ2) is 26.2. The van der Waals surface area contributed by atoms with Crippen LogP contribution in [0.4, 0.5) is 0 Å². The van der Waals surface area contributed by atoms with Crippen LogP contribution in [-0.2, 0) is 52.5 Å². The third kappa shape index (κ3) is 14.8. The van der Waals surface area contributed by atoms with Crippen LogP contribution in [0.15, 0.2) is 52.9 Å². The summed E-state index contributed by atoms with van der Waals surface area (Å²) in [5.41, 5.74) is 1.16. The highest BCUT2D eigenvalue weighted by molar-refractivity contribution is 6.39. The molecule has 16 nitrogen and oxygen atoms in total. The van der Waals surface area contributed by atoms with E-state index in [2.05, 4.69) is 5.34 Å². The van der Waals surface area contributed by atoms with E-state index < -0.39 is 90.0 Å². The summed E-state index contributed by atoms with van der Waals surface area (Å²) in [7, 11) is 4.48. The fraction of sp³-hybridized carbons (Fsp3) is 0.745. The Morgan fingerprint density at radius 3 is 2.28 bits per heavy atom. The lowest BCUT2D eigenvalue weighted by Gasteiger charge is -2.42. The van der Waals surface area contributed by atoms with E-state index in [-0.39, 0.29) is 48.7 Å². The topological polar surface area (TPSA) is 214 Å². The van der Waals surface area contributed by atoms with Gasteiger partial charge in [-0.3, -0.25) is 19.2 Å². The number of carbonyl (C=O) groups is 5. The summed E-state index contributed by atoms with van der Waals surface area (Å²) in [6.45, 7) is 12.6. The van der Waals surface area contributed by atoms with E-state index in [1.54, 1.807) is 34.0 Å². The highest BCUT2D eigenvalue weighted by Gasteiger charge is 2.53. The SMILES string of the molecule is CO[C@H]1C[C@@H]2CC[C@@H](C)[C@@](O)(O2)C(=O)C(=O)N2CCCC[C@H]2C(=O)OC([C@H](C)C[C@@H]2CC[C@@H](ON=O)[C@H](OC)C2)CC(=O)C(C)=CC(C)[C@@H](O)[C@@H](OC)C(=O)[C@H](C)C[C@H](C)C=CC=CC=C1C. The van der Waals surface area contributed by atoms with Gasteiger partial charge in [-0.05, 0) is 107 Å². The fourth-order valence-electron chi connectivity index (χ4n) is 10.3. The highest BCUT2D eigenvalue weighted by atomic mass is 16.7. The van der Waals surface area contributed by atoms with Gasteiger partial charge < -0.3 is 43.6 Å². The summed E-state index contributed by atoms with van der Waals surface area (Å²) in [6.07, 6.45) is 10.8. The van der Waals surface area contributed by atoms with Crippen molar-refractivity contribution in [3.63, 3.8) is 0 Å². The van der Waals surface area contributed by atoms with Crippen molar-refractivity contribution in [1.82, 2.24) is 4.90 Å². The number of aliphatic hydroxyl groups excluding tert-OH is 1. The number of nitrogens with zero attached hydrogens (tertiary/aromatic N) is 2. The molecule has 1 aliphatic carbocycles. The van der Waals surface area contributed by atoms with E-state index in [1.165, 1.54) is 19.1 Å². The van der Waals surface area contributed by atoms with Crippen molar-refractivity contribution >= 4 is 29.2 Å². The maximum atomic E-state index is 14.4. The Balaban J connectivity index is 1.70. The van der Waals surface area contributed by atoms with Crippen LogP contribution in [0.1, 0.15) is 126 Å². The molecule has 1 saturated carbocycles. The quantitative estimate of drug-likeness (QED) is 0.110. The summed E-state index contributed by atoms with van der Waals surface area (Å²) in [5, 5.41) is 26.0. The number of hydrogen-bond donors (Lipinski definition) is 2. The van der Waals surface area contributed by atoms with Crippen LogP contribution in [0.3, 0.4) is 0 Å². The molecule has 1 amide bonds. The molecule has 0 spiro atoms. The number of ketones is 3. The van der Waals surface area contributed by atoms with Gasteiger partial charge in [0.25, 0.3) is 11.7 Å². The van der Waals surface area contributed by atoms with Crippen molar-refractivity contribution in [2.24, 2.45) is 40.8 Å². The van der Waals surface area contributed by atoms with E-state index in [9.17, 15) is 39.1 Å². The van der Waals surface area contributed by atoms with Crippen molar-refractivity contribution < 1.29 is 62.7 Å². The zero-order valence-corrected chi connectivity index (χ0v) is 41.4. The molecule has 4 aliphatic rings. The van der Waals surface area contributed by atoms with Crippen LogP contribution in [0.25, 0.3) is 0 Å². The Kier molecular flexibility index (Phi) is 21.7. The van der Waals surface area contributed by atoms with Gasteiger partial charge in [0, 0.05) is 58.5 Å². The average molecular weight is 943 g/mol. The number of aliphatic hydroxyl groups is 2. The minimum absolute atomic E-state index is 0.0119. The summed E-state index contributed by atoms with van der Waals surface area (Å²) in [4.78, 5) is 87.9. The van der Waals surface area contributed by atoms with Crippen molar-refractivity contribution in [2.45, 2.75) is 180 Å². The standard InChI is InChI=1S/C51H78N2O14/c1-30-16-12-11-13-17-31(2)42(62-8)28-38-21-19-36(7)51(60,66-38)48(57)49(58)53-23-15-14-18-39(53)50(59)65-43(33(4)26-37-20-22-41(67-52-61)44(27-37)63-9)29-40(54)32(3)25-35(6)46(56)47(64-10)45(55)34(5)24-30/h11-13,16-17,25,30,33-39,41-44,46-47,56,60H,14-15,18-24,26-29H2,1-10H3/t30-,33-,34-,35?,36-,37+,38+,39+,41-,42+,43?,44-,46-,47+,51-/m1/s1. The monoisotopic (exact) mass is 943 g/mol. The van der Waals surface area contributed by atoms with Crippen molar-refractivity contribution in [1.29, 1.82) is 0 Å². The number of methoxy groups -OCH3 is 3. The van der Waals surface area contributed by atoms with Gasteiger partial charge in [-0.15, -0.1) is 4.91 Å². The zero-order chi connectivity index (χ0) is 49.6. The largest absolute Gasteiger partial charge is 0.460 e. The second-order valence-electron chi connectivity index (χ2n) is 19.8. The molecule has 2 bridgehead atoms. The molecule has 3 aliphatic heterocycles. The zero-order valence-electron chi connectivity index (χ0n) is 41.4. The Morgan fingerprint density at radius 2 is 1.61 bits per heavy atom. The predicted molar refractivity (Wildman–Crippen MR) is 250 cm³/mol. The van der Waals surface area contributed by atoms with Crippen LogP contribution < -0.4 is 0 Å². The maximum absolute atomic E-state index is 14.4. The molecule has 0 aromatic heterocycles. The first-order chi connectivity index (χ1) is 31.8. The van der Waals surface area contributed by atoms with E-state index >= 15 is 0 Å². The molecule has 0 aromatic carbocycles. The molecular weight excluding hydrogens is 865 g/mol. The first-order valence-electron chi connectivity index (χ1n) is 24.3. The second-order valence-corrected chi connectivity index (χ2v) is 19.8. The van der Waals surface area contributed by atoms with Gasteiger partial charge in [-0.2, -0.15) is 0 Å². The van der Waals surface area contributed by atoms with Gasteiger partial charge in [-0.25, -0.2) is 4.79 Å². The van der Waals surface area contributed by atoms with Crippen LogP contribution in [-0.4, -0.2) is 127 Å². The molecule has 2 N–H and O–H groups in total. The molecule has 2 saturated heterocycles. The first-order valence-corrected chi connectivity index (χ1v) is 24.3. The third-order valence-corrected chi connectivity index (χ3v) is 14.6. The maximum Gasteiger partial charge on any atom is 0.329 e. The molecule has 2 unspecified atom stereocenters. The smallest absolute Gasteiger partial charge is 0.329 e. The average Bonchev–Trinajstić information content (AvgIpc) is 3.30. The predicted octanol–water partition coefficient (Wildman–Crippen LogP) is 6.89.